The Morgan fingerprint density at radius 2 is 2.11 bits per heavy atom. The molecule has 3 aromatic rings. The number of hydrogen-bond acceptors (Lipinski definition) is 6. The average Bonchev–Trinajstić information content (AvgIpc) is 3.18. The maximum atomic E-state index is 12.1. The summed E-state index contributed by atoms with van der Waals surface area (Å²) in [5, 5.41) is 22.2. The largest absolute Gasteiger partial charge is 0.309 e. The van der Waals surface area contributed by atoms with Crippen molar-refractivity contribution < 1.29 is 9.72 Å². The van der Waals surface area contributed by atoms with Gasteiger partial charge < -0.3 is 0 Å². The van der Waals surface area contributed by atoms with Crippen LogP contribution in [0.3, 0.4) is 0 Å². The fraction of sp³-hybridized carbons (Fsp3) is 0.200. The molecule has 0 aliphatic rings. The molecule has 0 radical (unpaired) electrons. The van der Waals surface area contributed by atoms with E-state index < -0.39 is 10.8 Å². The average molecular weight is 410 g/mol. The number of anilines is 1. The number of amides is 1. The monoisotopic (exact) mass is 409 g/mol. The molecule has 0 aliphatic carbocycles. The molecule has 12 heteroatoms. The molecule has 2 aromatic heterocycles. The number of rotatable bonds is 6. The van der Waals surface area contributed by atoms with E-state index >= 15 is 0 Å². The number of nitrogens with zero attached hydrogens (tertiary/aromatic N) is 6. The van der Waals surface area contributed by atoms with Crippen molar-refractivity contribution in [2.24, 2.45) is 0 Å². The summed E-state index contributed by atoms with van der Waals surface area (Å²) in [4.78, 5) is 26.4. The van der Waals surface area contributed by atoms with Crippen molar-refractivity contribution in [1.82, 2.24) is 24.5 Å². The minimum absolute atomic E-state index is 0.111. The topological polar surface area (TPSA) is 121 Å². The first-order valence-corrected chi connectivity index (χ1v) is 8.39. The summed E-state index contributed by atoms with van der Waals surface area (Å²) < 4.78 is 2.76. The molecule has 140 valence electrons. The van der Waals surface area contributed by atoms with E-state index in [1.165, 1.54) is 22.6 Å². The zero-order valence-corrected chi connectivity index (χ0v) is 15.5. The quantitative estimate of drug-likeness (QED) is 0.493. The highest BCUT2D eigenvalue weighted by atomic mass is 35.5. The van der Waals surface area contributed by atoms with Gasteiger partial charge in [0, 0.05) is 0 Å². The van der Waals surface area contributed by atoms with Crippen molar-refractivity contribution in [3.8, 4) is 0 Å². The summed E-state index contributed by atoms with van der Waals surface area (Å²) in [6, 6.07) is 5.21. The third-order valence-electron chi connectivity index (χ3n) is 3.68. The van der Waals surface area contributed by atoms with Crippen LogP contribution in [0.1, 0.15) is 11.3 Å². The van der Waals surface area contributed by atoms with Crippen LogP contribution in [0.4, 0.5) is 11.6 Å². The van der Waals surface area contributed by atoms with E-state index in [9.17, 15) is 14.9 Å². The Bertz CT molecular complexity index is 1010. The molecule has 0 aliphatic heterocycles. The first-order chi connectivity index (χ1) is 12.8. The Balaban J connectivity index is 1.62. The molecule has 3 rings (SSSR count). The van der Waals surface area contributed by atoms with Gasteiger partial charge in [-0.15, -0.1) is 5.10 Å². The number of halogens is 2. The Hall–Kier alpha value is -2.98. The van der Waals surface area contributed by atoms with Crippen LogP contribution in [0.2, 0.25) is 10.0 Å². The third-order valence-corrected chi connectivity index (χ3v) is 4.42. The van der Waals surface area contributed by atoms with Crippen LogP contribution >= 0.6 is 23.2 Å². The highest BCUT2D eigenvalue weighted by Gasteiger charge is 2.18. The normalized spacial score (nSPS) is 10.8. The molecule has 0 fully saturated rings. The lowest BCUT2D eigenvalue weighted by atomic mass is 10.2. The number of hydrogen-bond donors (Lipinski definition) is 1. The Morgan fingerprint density at radius 3 is 2.78 bits per heavy atom. The van der Waals surface area contributed by atoms with Gasteiger partial charge in [0.2, 0.25) is 11.9 Å². The summed E-state index contributed by atoms with van der Waals surface area (Å²) in [6.45, 7) is 1.72. The highest BCUT2D eigenvalue weighted by Crippen LogP contribution is 2.23. The van der Waals surface area contributed by atoms with E-state index in [-0.39, 0.29) is 23.9 Å². The van der Waals surface area contributed by atoms with Crippen molar-refractivity contribution in [3.63, 3.8) is 0 Å². The molecule has 0 bridgehead atoms. The Morgan fingerprint density at radius 1 is 1.33 bits per heavy atom. The van der Waals surface area contributed by atoms with E-state index in [4.69, 9.17) is 23.2 Å². The van der Waals surface area contributed by atoms with E-state index in [1.807, 2.05) is 6.07 Å². The van der Waals surface area contributed by atoms with E-state index in [0.29, 0.717) is 16.6 Å². The van der Waals surface area contributed by atoms with Crippen LogP contribution in [0.5, 0.6) is 0 Å². The van der Waals surface area contributed by atoms with Crippen LogP contribution in [-0.2, 0) is 17.9 Å². The van der Waals surface area contributed by atoms with Crippen molar-refractivity contribution in [2.75, 3.05) is 5.32 Å². The predicted molar refractivity (Wildman–Crippen MR) is 97.8 cm³/mol. The van der Waals surface area contributed by atoms with Gasteiger partial charge >= 0.3 is 5.69 Å². The minimum atomic E-state index is -0.553. The maximum absolute atomic E-state index is 12.1. The first kappa shape index (κ1) is 18.8. The number of benzene rings is 1. The first-order valence-electron chi connectivity index (χ1n) is 7.63. The van der Waals surface area contributed by atoms with Crippen LogP contribution in [0.15, 0.2) is 30.7 Å². The van der Waals surface area contributed by atoms with Crippen LogP contribution < -0.4 is 5.32 Å². The molecular formula is C15H13Cl2N7O3. The number of nitro groups is 1. The van der Waals surface area contributed by atoms with Gasteiger partial charge in [-0.2, -0.15) is 5.10 Å². The SMILES string of the molecule is Cc1c([N+](=O)[O-])cnn1CC(=O)Nc1ncn(Cc2ccc(Cl)c(Cl)c2)n1. The molecule has 0 atom stereocenters. The fourth-order valence-corrected chi connectivity index (χ4v) is 2.65. The molecule has 1 amide bonds. The van der Waals surface area contributed by atoms with Gasteiger partial charge in [0.05, 0.1) is 21.5 Å². The molecule has 10 nitrogen and oxygen atoms in total. The Kier molecular flexibility index (Phi) is 5.38. The zero-order chi connectivity index (χ0) is 19.6. The number of aromatic nitrogens is 5. The van der Waals surface area contributed by atoms with Gasteiger partial charge in [-0.25, -0.2) is 9.67 Å². The molecular weight excluding hydrogens is 397 g/mol. The molecule has 2 heterocycles. The minimum Gasteiger partial charge on any atom is -0.292 e. The number of nitrogens with one attached hydrogen (secondary N) is 1. The van der Waals surface area contributed by atoms with Crippen molar-refractivity contribution >= 4 is 40.7 Å². The number of carbonyl (C=O) groups is 1. The van der Waals surface area contributed by atoms with Gasteiger partial charge in [0.15, 0.2) is 0 Å². The maximum Gasteiger partial charge on any atom is 0.309 e. The van der Waals surface area contributed by atoms with Crippen molar-refractivity contribution in [2.45, 2.75) is 20.0 Å². The zero-order valence-electron chi connectivity index (χ0n) is 14.0. The summed E-state index contributed by atoms with van der Waals surface area (Å²) in [7, 11) is 0. The Labute approximate surface area is 162 Å². The summed E-state index contributed by atoms with van der Waals surface area (Å²) in [5.41, 5.74) is 1.01. The molecule has 0 unspecified atom stereocenters. The molecule has 1 aromatic carbocycles. The molecule has 0 saturated heterocycles. The van der Waals surface area contributed by atoms with E-state index in [2.05, 4.69) is 20.5 Å². The molecule has 1 N–H and O–H groups in total. The highest BCUT2D eigenvalue weighted by molar-refractivity contribution is 6.42. The second kappa shape index (κ2) is 7.72. The second-order valence-electron chi connectivity index (χ2n) is 5.59. The van der Waals surface area contributed by atoms with Crippen molar-refractivity contribution in [3.05, 3.63) is 62.1 Å². The summed E-state index contributed by atoms with van der Waals surface area (Å²) >= 11 is 11.9. The van der Waals surface area contributed by atoms with Gasteiger partial charge in [-0.1, -0.05) is 29.3 Å². The third kappa shape index (κ3) is 4.41. The smallest absolute Gasteiger partial charge is 0.292 e. The van der Waals surface area contributed by atoms with Gasteiger partial charge in [0.1, 0.15) is 24.8 Å². The molecule has 0 saturated carbocycles. The lowest BCUT2D eigenvalue weighted by Gasteiger charge is -2.04. The van der Waals surface area contributed by atoms with E-state index in [0.717, 1.165) is 11.8 Å². The van der Waals surface area contributed by atoms with Gasteiger partial charge in [-0.05, 0) is 24.6 Å². The summed E-state index contributed by atoms with van der Waals surface area (Å²) in [6.07, 6.45) is 2.56. The summed E-state index contributed by atoms with van der Waals surface area (Å²) in [5.74, 6) is -0.345. The fourth-order valence-electron chi connectivity index (χ4n) is 2.33. The van der Waals surface area contributed by atoms with Gasteiger partial charge in [0.25, 0.3) is 0 Å². The van der Waals surface area contributed by atoms with Crippen molar-refractivity contribution in [1.29, 1.82) is 0 Å². The standard InChI is InChI=1S/C15H13Cl2N7O3/c1-9-13(24(26)27)5-19-23(9)7-14(25)20-15-18-8-22(21-15)6-10-2-3-11(16)12(17)4-10/h2-5,8H,6-7H2,1H3,(H,20,21,25). The molecule has 0 spiro atoms. The number of carbonyl (C=O) groups excluding carboxylic acids is 1. The lowest BCUT2D eigenvalue weighted by Crippen LogP contribution is -2.21. The van der Waals surface area contributed by atoms with Gasteiger partial charge in [-0.3, -0.25) is 24.9 Å². The van der Waals surface area contributed by atoms with E-state index in [1.54, 1.807) is 12.1 Å². The second-order valence-corrected chi connectivity index (χ2v) is 6.41. The van der Waals surface area contributed by atoms with Crippen LogP contribution in [0.25, 0.3) is 0 Å². The predicted octanol–water partition coefficient (Wildman–Crippen LogP) is 2.69. The molecule has 27 heavy (non-hydrogen) atoms. The van der Waals surface area contributed by atoms with Crippen LogP contribution in [-0.4, -0.2) is 35.4 Å². The lowest BCUT2D eigenvalue weighted by molar-refractivity contribution is -0.385. The van der Waals surface area contributed by atoms with Crippen LogP contribution in [0, 0.1) is 17.0 Å².